The minimum atomic E-state index is -5.08. The third-order valence-electron chi connectivity index (χ3n) is 1.97. The summed E-state index contributed by atoms with van der Waals surface area (Å²) in [6.07, 6.45) is -5.05. The van der Waals surface area contributed by atoms with Gasteiger partial charge in [-0.15, -0.1) is 0 Å². The van der Waals surface area contributed by atoms with Crippen molar-refractivity contribution >= 4 is 28.8 Å². The normalized spacial score (nSPS) is 11.1. The molecular weight excluding hydrogens is 279 g/mol. The van der Waals surface area contributed by atoms with Crippen molar-refractivity contribution in [2.24, 2.45) is 0 Å². The van der Waals surface area contributed by atoms with Crippen LogP contribution in [0.3, 0.4) is 0 Å². The molecular formula is C9H3ClF3NO4. The van der Waals surface area contributed by atoms with Crippen LogP contribution in [0.25, 0.3) is 0 Å². The third-order valence-corrected chi connectivity index (χ3v) is 2.17. The first-order valence-electron chi connectivity index (χ1n) is 4.23. The topological polar surface area (TPSA) is 77.3 Å². The second-order valence-corrected chi connectivity index (χ2v) is 3.45. The summed E-state index contributed by atoms with van der Waals surface area (Å²) in [6, 6.07) is 0.921. The Balaban J connectivity index is 3.77. The standard InChI is InChI=1S/C9H3ClF3NO4/c10-8(16)5-1-4(3-15)2-6(9(11,12)13)7(5)14(17)18/h1-3H. The molecule has 0 saturated heterocycles. The van der Waals surface area contributed by atoms with Crippen LogP contribution in [0.5, 0.6) is 0 Å². The van der Waals surface area contributed by atoms with E-state index in [2.05, 4.69) is 0 Å². The fourth-order valence-electron chi connectivity index (χ4n) is 1.29. The highest BCUT2D eigenvalue weighted by Gasteiger charge is 2.41. The lowest BCUT2D eigenvalue weighted by Crippen LogP contribution is -2.13. The van der Waals surface area contributed by atoms with Crippen molar-refractivity contribution in [3.8, 4) is 0 Å². The van der Waals surface area contributed by atoms with Crippen LogP contribution in [0, 0.1) is 10.1 Å². The molecule has 0 radical (unpaired) electrons. The zero-order chi connectivity index (χ0) is 14.1. The predicted octanol–water partition coefficient (Wildman–Crippen LogP) is 2.81. The van der Waals surface area contributed by atoms with E-state index in [4.69, 9.17) is 11.6 Å². The van der Waals surface area contributed by atoms with Gasteiger partial charge in [0.1, 0.15) is 17.4 Å². The molecule has 1 rings (SSSR count). The number of rotatable bonds is 3. The van der Waals surface area contributed by atoms with Crippen LogP contribution in [0.2, 0.25) is 0 Å². The largest absolute Gasteiger partial charge is 0.423 e. The molecule has 0 aliphatic carbocycles. The number of benzene rings is 1. The van der Waals surface area contributed by atoms with Gasteiger partial charge in [0.25, 0.3) is 10.9 Å². The molecule has 0 aromatic heterocycles. The van der Waals surface area contributed by atoms with E-state index in [1.54, 1.807) is 0 Å². The molecule has 0 amide bonds. The summed E-state index contributed by atoms with van der Waals surface area (Å²) in [4.78, 5) is 30.6. The number of hydrogen-bond donors (Lipinski definition) is 0. The molecule has 0 N–H and O–H groups in total. The molecule has 0 spiro atoms. The van der Waals surface area contributed by atoms with Gasteiger partial charge in [0, 0.05) is 5.56 Å². The fourth-order valence-corrected chi connectivity index (χ4v) is 1.43. The summed E-state index contributed by atoms with van der Waals surface area (Å²) in [5, 5.41) is 9.15. The van der Waals surface area contributed by atoms with Crippen molar-refractivity contribution in [2.45, 2.75) is 6.18 Å². The molecule has 1 aromatic carbocycles. The number of nitro benzene ring substituents is 1. The van der Waals surface area contributed by atoms with Crippen LogP contribution in [-0.4, -0.2) is 16.5 Å². The number of halogens is 4. The summed E-state index contributed by atoms with van der Waals surface area (Å²) in [5.74, 6) is 0. The van der Waals surface area contributed by atoms with Crippen molar-refractivity contribution in [2.75, 3.05) is 0 Å². The Morgan fingerprint density at radius 1 is 1.39 bits per heavy atom. The molecule has 9 heteroatoms. The maximum absolute atomic E-state index is 12.6. The Kier molecular flexibility index (Phi) is 3.70. The number of alkyl halides is 3. The van der Waals surface area contributed by atoms with Gasteiger partial charge in [0.2, 0.25) is 0 Å². The predicted molar refractivity (Wildman–Crippen MR) is 53.7 cm³/mol. The zero-order valence-electron chi connectivity index (χ0n) is 8.32. The van der Waals surface area contributed by atoms with Crippen molar-refractivity contribution in [3.63, 3.8) is 0 Å². The van der Waals surface area contributed by atoms with Crippen LogP contribution in [0.15, 0.2) is 12.1 Å². The Morgan fingerprint density at radius 3 is 2.28 bits per heavy atom. The molecule has 0 fully saturated rings. The Bertz CT molecular complexity index is 541. The minimum absolute atomic E-state index is 0.0301. The zero-order valence-corrected chi connectivity index (χ0v) is 9.08. The second kappa shape index (κ2) is 4.73. The molecule has 0 atom stereocenters. The lowest BCUT2D eigenvalue weighted by Gasteiger charge is -2.09. The molecule has 0 saturated carbocycles. The van der Waals surface area contributed by atoms with Crippen LogP contribution in [-0.2, 0) is 6.18 Å². The van der Waals surface area contributed by atoms with Gasteiger partial charge in [-0.3, -0.25) is 19.7 Å². The summed E-state index contributed by atoms with van der Waals surface area (Å²) in [6.45, 7) is 0. The number of hydrogen-bond acceptors (Lipinski definition) is 4. The van der Waals surface area contributed by atoms with Crippen LogP contribution >= 0.6 is 11.6 Å². The molecule has 0 unspecified atom stereocenters. The Labute approximate surface area is 102 Å². The van der Waals surface area contributed by atoms with E-state index < -0.39 is 38.7 Å². The highest BCUT2D eigenvalue weighted by molar-refractivity contribution is 6.68. The molecule has 1 aromatic rings. The van der Waals surface area contributed by atoms with Crippen molar-refractivity contribution in [3.05, 3.63) is 38.9 Å². The SMILES string of the molecule is O=Cc1cc(C(=O)Cl)c([N+](=O)[O-])c(C(F)(F)F)c1. The smallest absolute Gasteiger partial charge is 0.298 e. The number of aldehydes is 1. The maximum atomic E-state index is 12.6. The number of nitrogens with zero attached hydrogens (tertiary/aromatic N) is 1. The van der Waals surface area contributed by atoms with Crippen LogP contribution in [0.1, 0.15) is 26.3 Å². The van der Waals surface area contributed by atoms with Crippen molar-refractivity contribution in [1.82, 2.24) is 0 Å². The van der Waals surface area contributed by atoms with E-state index in [1.165, 1.54) is 0 Å². The molecule has 0 aliphatic rings. The monoisotopic (exact) mass is 281 g/mol. The lowest BCUT2D eigenvalue weighted by molar-refractivity contribution is -0.388. The highest BCUT2D eigenvalue weighted by Crippen LogP contribution is 2.39. The van der Waals surface area contributed by atoms with E-state index >= 15 is 0 Å². The van der Waals surface area contributed by atoms with E-state index in [1.807, 2.05) is 0 Å². The summed E-state index contributed by atoms with van der Waals surface area (Å²) in [7, 11) is 0. The first kappa shape index (κ1) is 14.1. The third kappa shape index (κ3) is 2.65. The Morgan fingerprint density at radius 2 is 1.94 bits per heavy atom. The first-order chi connectivity index (χ1) is 8.18. The van der Waals surface area contributed by atoms with Gasteiger partial charge < -0.3 is 0 Å². The lowest BCUT2D eigenvalue weighted by atomic mass is 10.0. The van der Waals surface area contributed by atoms with Gasteiger partial charge in [-0.25, -0.2) is 0 Å². The average molecular weight is 282 g/mol. The second-order valence-electron chi connectivity index (χ2n) is 3.11. The van der Waals surface area contributed by atoms with E-state index in [9.17, 15) is 32.9 Å². The van der Waals surface area contributed by atoms with Gasteiger partial charge in [-0.1, -0.05) is 0 Å². The average Bonchev–Trinajstić information content (AvgIpc) is 2.25. The number of carbonyl (C=O) groups excluding carboxylic acids is 2. The number of carbonyl (C=O) groups is 2. The Hall–Kier alpha value is -1.96. The van der Waals surface area contributed by atoms with Gasteiger partial charge >= 0.3 is 6.18 Å². The molecule has 96 valence electrons. The molecule has 0 aliphatic heterocycles. The molecule has 0 heterocycles. The summed E-state index contributed by atoms with van der Waals surface area (Å²) < 4.78 is 37.8. The number of nitro groups is 1. The first-order valence-corrected chi connectivity index (χ1v) is 4.61. The van der Waals surface area contributed by atoms with Gasteiger partial charge in [0.15, 0.2) is 0 Å². The highest BCUT2D eigenvalue weighted by atomic mass is 35.5. The van der Waals surface area contributed by atoms with E-state index in [0.717, 1.165) is 0 Å². The summed E-state index contributed by atoms with van der Waals surface area (Å²) >= 11 is 4.98. The van der Waals surface area contributed by atoms with Gasteiger partial charge in [0.05, 0.1) is 4.92 Å². The van der Waals surface area contributed by atoms with Gasteiger partial charge in [-0.05, 0) is 23.7 Å². The van der Waals surface area contributed by atoms with Crippen LogP contribution in [0.4, 0.5) is 18.9 Å². The minimum Gasteiger partial charge on any atom is -0.298 e. The van der Waals surface area contributed by atoms with Crippen LogP contribution < -0.4 is 0 Å². The molecule has 5 nitrogen and oxygen atoms in total. The van der Waals surface area contributed by atoms with E-state index in [-0.39, 0.29) is 12.4 Å². The quantitative estimate of drug-likeness (QED) is 0.369. The molecule has 0 bridgehead atoms. The van der Waals surface area contributed by atoms with Crippen molar-refractivity contribution < 1.29 is 27.7 Å². The molecule has 18 heavy (non-hydrogen) atoms. The van der Waals surface area contributed by atoms with E-state index in [0.29, 0.717) is 6.07 Å². The van der Waals surface area contributed by atoms with Crippen molar-refractivity contribution in [1.29, 1.82) is 0 Å². The summed E-state index contributed by atoms with van der Waals surface area (Å²) in [5.41, 5.74) is -4.66. The maximum Gasteiger partial charge on any atom is 0.423 e. The fraction of sp³-hybridized carbons (Fsp3) is 0.111. The van der Waals surface area contributed by atoms with Gasteiger partial charge in [-0.2, -0.15) is 13.2 Å².